The second-order valence-corrected chi connectivity index (χ2v) is 8.58. The number of nitrogens with one attached hydrogen (secondary N) is 1. The van der Waals surface area contributed by atoms with Gasteiger partial charge in [0.25, 0.3) is 0 Å². The number of hydrogen-bond acceptors (Lipinski definition) is 6. The van der Waals surface area contributed by atoms with Crippen molar-refractivity contribution in [1.29, 1.82) is 0 Å². The Balaban J connectivity index is 1.76. The van der Waals surface area contributed by atoms with Crippen LogP contribution < -0.4 is 10.2 Å². The van der Waals surface area contributed by atoms with Crippen molar-refractivity contribution in [2.45, 2.75) is 59.0 Å². The predicted octanol–water partition coefficient (Wildman–Crippen LogP) is 4.32. The lowest BCUT2D eigenvalue weighted by Crippen LogP contribution is -2.37. The number of nitrogens with zero attached hydrogens (tertiary/aromatic N) is 4. The Hall–Kier alpha value is -2.70. The fraction of sp³-hybridized carbons (Fsp3) is 0.524. The first-order valence-corrected chi connectivity index (χ1v) is 9.69. The van der Waals surface area contributed by atoms with Crippen LogP contribution in [0.25, 0.3) is 0 Å². The molecule has 2 atom stereocenters. The van der Waals surface area contributed by atoms with E-state index in [2.05, 4.69) is 61.0 Å². The maximum atomic E-state index is 12.2. The van der Waals surface area contributed by atoms with Crippen LogP contribution in [-0.2, 0) is 10.2 Å². The molecule has 1 fully saturated rings. The first-order chi connectivity index (χ1) is 13.2. The summed E-state index contributed by atoms with van der Waals surface area (Å²) >= 11 is 0. The summed E-state index contributed by atoms with van der Waals surface area (Å²) in [5, 5.41) is 3.28. The lowest BCUT2D eigenvalue weighted by atomic mass is 9.88. The normalized spacial score (nSPS) is 18.3. The molecular weight excluding hydrogens is 354 g/mol. The van der Waals surface area contributed by atoms with E-state index in [0.717, 1.165) is 5.69 Å². The Morgan fingerprint density at radius 3 is 2.54 bits per heavy atom. The summed E-state index contributed by atoms with van der Waals surface area (Å²) in [7, 11) is 0. The van der Waals surface area contributed by atoms with E-state index in [0.29, 0.717) is 18.4 Å². The summed E-state index contributed by atoms with van der Waals surface area (Å²) in [5.41, 5.74) is 2.16. The highest BCUT2D eigenvalue weighted by Crippen LogP contribution is 2.27. The number of anilines is 2. The average Bonchev–Trinajstić information content (AvgIpc) is 3.03. The number of carbonyl (C=O) groups is 1. The molecule has 0 aliphatic carbocycles. The third-order valence-electron chi connectivity index (χ3n) is 5.00. The molecule has 0 spiro atoms. The minimum atomic E-state index is -0.365. The maximum absolute atomic E-state index is 12.2. The van der Waals surface area contributed by atoms with Crippen LogP contribution in [0.3, 0.4) is 0 Å². The van der Waals surface area contributed by atoms with E-state index in [1.54, 1.807) is 17.2 Å². The zero-order valence-corrected chi connectivity index (χ0v) is 17.4. The van der Waals surface area contributed by atoms with Crippen LogP contribution in [-0.4, -0.2) is 33.7 Å². The van der Waals surface area contributed by atoms with Crippen molar-refractivity contribution in [3.05, 3.63) is 41.9 Å². The van der Waals surface area contributed by atoms with Crippen molar-refractivity contribution in [2.75, 3.05) is 16.8 Å². The van der Waals surface area contributed by atoms with Gasteiger partial charge in [0.15, 0.2) is 0 Å². The number of rotatable bonds is 5. The minimum absolute atomic E-state index is 0.0284. The highest BCUT2D eigenvalue weighted by molar-refractivity contribution is 5.89. The van der Waals surface area contributed by atoms with Gasteiger partial charge in [-0.1, -0.05) is 40.7 Å². The number of amides is 1. The Kier molecular flexibility index (Phi) is 5.54. The molecule has 3 heterocycles. The molecule has 0 bridgehead atoms. The van der Waals surface area contributed by atoms with Crippen LogP contribution in [0, 0.1) is 5.92 Å². The van der Waals surface area contributed by atoms with Gasteiger partial charge in [-0.15, -0.1) is 0 Å². The molecule has 28 heavy (non-hydrogen) atoms. The van der Waals surface area contributed by atoms with Crippen molar-refractivity contribution >= 4 is 17.9 Å². The van der Waals surface area contributed by atoms with Crippen molar-refractivity contribution in [3.8, 4) is 0 Å². The van der Waals surface area contributed by atoms with E-state index < -0.39 is 0 Å². The molecule has 2 aromatic heterocycles. The van der Waals surface area contributed by atoms with Crippen LogP contribution in [0.2, 0.25) is 0 Å². The number of ether oxygens (including phenoxy) is 1. The first kappa shape index (κ1) is 20.0. The zero-order valence-electron chi connectivity index (χ0n) is 17.4. The molecule has 0 aromatic carbocycles. The highest BCUT2D eigenvalue weighted by Gasteiger charge is 2.37. The van der Waals surface area contributed by atoms with E-state index in [1.807, 2.05) is 19.2 Å². The minimum Gasteiger partial charge on any atom is -0.447 e. The third-order valence-corrected chi connectivity index (χ3v) is 5.00. The molecule has 1 N–H and O–H groups in total. The summed E-state index contributed by atoms with van der Waals surface area (Å²) in [5.74, 6) is 1.26. The van der Waals surface area contributed by atoms with Crippen LogP contribution in [0.5, 0.6) is 0 Å². The molecule has 0 radical (unpaired) electrons. The summed E-state index contributed by atoms with van der Waals surface area (Å²) in [6.07, 6.45) is 3.20. The molecule has 3 rings (SSSR count). The fourth-order valence-electron chi connectivity index (χ4n) is 3.12. The SMILES string of the molecule is CC(C)C1COC(=O)N1c1ccnc(N[C@@H](C)c2ccc(C(C)(C)C)cn2)n1. The summed E-state index contributed by atoms with van der Waals surface area (Å²) in [4.78, 5) is 27.2. The largest absolute Gasteiger partial charge is 0.447 e. The lowest BCUT2D eigenvalue weighted by molar-refractivity contribution is 0.177. The van der Waals surface area contributed by atoms with Crippen LogP contribution in [0.4, 0.5) is 16.6 Å². The Bertz CT molecular complexity index is 829. The second-order valence-electron chi connectivity index (χ2n) is 8.58. The quantitative estimate of drug-likeness (QED) is 0.828. The van der Waals surface area contributed by atoms with E-state index in [9.17, 15) is 4.79 Å². The van der Waals surface area contributed by atoms with E-state index in [-0.39, 0.29) is 29.5 Å². The molecule has 1 saturated heterocycles. The molecule has 1 aliphatic heterocycles. The van der Waals surface area contributed by atoms with Gasteiger partial charge in [-0.05, 0) is 36.0 Å². The summed E-state index contributed by atoms with van der Waals surface area (Å²) in [6.45, 7) is 13.0. The monoisotopic (exact) mass is 383 g/mol. The predicted molar refractivity (Wildman–Crippen MR) is 109 cm³/mol. The zero-order chi connectivity index (χ0) is 20.5. The number of pyridine rings is 1. The molecule has 1 unspecified atom stereocenters. The van der Waals surface area contributed by atoms with E-state index in [1.165, 1.54) is 5.56 Å². The van der Waals surface area contributed by atoms with Gasteiger partial charge in [-0.2, -0.15) is 4.98 Å². The standard InChI is InChI=1S/C21H29N5O2/c1-13(2)17-12-28-20(27)26(17)18-9-10-22-19(25-18)24-14(3)16-8-7-15(11-23-16)21(4,5)6/h7-11,13-14,17H,12H2,1-6H3,(H,22,24,25)/t14-,17?/m0/s1. The molecular formula is C21H29N5O2. The van der Waals surface area contributed by atoms with Crippen molar-refractivity contribution in [2.24, 2.45) is 5.92 Å². The molecule has 150 valence electrons. The Morgan fingerprint density at radius 1 is 1.18 bits per heavy atom. The van der Waals surface area contributed by atoms with Gasteiger partial charge in [-0.25, -0.2) is 9.78 Å². The topological polar surface area (TPSA) is 80.2 Å². The van der Waals surface area contributed by atoms with Gasteiger partial charge in [-0.3, -0.25) is 9.88 Å². The molecule has 0 saturated carbocycles. The molecule has 1 aliphatic rings. The Morgan fingerprint density at radius 2 is 1.93 bits per heavy atom. The molecule has 7 heteroatoms. The molecule has 2 aromatic rings. The van der Waals surface area contributed by atoms with Gasteiger partial charge in [0, 0.05) is 12.4 Å². The van der Waals surface area contributed by atoms with Gasteiger partial charge >= 0.3 is 6.09 Å². The third kappa shape index (κ3) is 4.24. The Labute approximate surface area is 166 Å². The van der Waals surface area contributed by atoms with Crippen LogP contribution in [0.15, 0.2) is 30.6 Å². The first-order valence-electron chi connectivity index (χ1n) is 9.69. The smallest absolute Gasteiger partial charge is 0.415 e. The van der Waals surface area contributed by atoms with Gasteiger partial charge in [0.2, 0.25) is 5.95 Å². The van der Waals surface area contributed by atoms with E-state index >= 15 is 0 Å². The van der Waals surface area contributed by atoms with Crippen molar-refractivity contribution in [1.82, 2.24) is 15.0 Å². The maximum Gasteiger partial charge on any atom is 0.415 e. The fourth-order valence-corrected chi connectivity index (χ4v) is 3.12. The van der Waals surface area contributed by atoms with Gasteiger partial charge < -0.3 is 10.1 Å². The highest BCUT2D eigenvalue weighted by atomic mass is 16.6. The summed E-state index contributed by atoms with van der Waals surface area (Å²) < 4.78 is 5.22. The average molecular weight is 383 g/mol. The summed E-state index contributed by atoms with van der Waals surface area (Å²) in [6, 6.07) is 5.75. The molecule has 7 nitrogen and oxygen atoms in total. The number of aromatic nitrogens is 3. The van der Waals surface area contributed by atoms with Gasteiger partial charge in [0.1, 0.15) is 12.4 Å². The van der Waals surface area contributed by atoms with Crippen molar-refractivity contribution < 1.29 is 9.53 Å². The van der Waals surface area contributed by atoms with Gasteiger partial charge in [0.05, 0.1) is 17.8 Å². The lowest BCUT2D eigenvalue weighted by Gasteiger charge is -2.24. The van der Waals surface area contributed by atoms with Crippen LogP contribution >= 0.6 is 0 Å². The second kappa shape index (κ2) is 7.73. The van der Waals surface area contributed by atoms with Crippen molar-refractivity contribution in [3.63, 3.8) is 0 Å². The van der Waals surface area contributed by atoms with Crippen LogP contribution in [0.1, 0.15) is 58.8 Å². The number of carbonyl (C=O) groups excluding carboxylic acids is 1. The molecule has 1 amide bonds. The number of cyclic esters (lactones) is 1. The number of hydrogen-bond donors (Lipinski definition) is 1. The van der Waals surface area contributed by atoms with E-state index in [4.69, 9.17) is 4.74 Å².